The highest BCUT2D eigenvalue weighted by atomic mass is 35.5. The van der Waals surface area contributed by atoms with Gasteiger partial charge in [-0.2, -0.15) is 0 Å². The molecule has 1 aliphatic carbocycles. The first-order valence-electron chi connectivity index (χ1n) is 8.31. The van der Waals surface area contributed by atoms with Crippen LogP contribution in [0.5, 0.6) is 11.5 Å². The van der Waals surface area contributed by atoms with E-state index in [1.54, 1.807) is 7.11 Å². The first-order valence-corrected chi connectivity index (χ1v) is 8.75. The molecule has 5 rings (SSSR count). The van der Waals surface area contributed by atoms with Gasteiger partial charge in [-0.3, -0.25) is 4.90 Å². The van der Waals surface area contributed by atoms with Crippen LogP contribution in [-0.2, 0) is 11.2 Å². The summed E-state index contributed by atoms with van der Waals surface area (Å²) in [6.07, 6.45) is 5.68. The molecule has 3 heterocycles. The lowest BCUT2D eigenvalue weighted by atomic mass is 9.78. The molecule has 1 aromatic rings. The maximum Gasteiger partial charge on any atom is 0.231 e. The van der Waals surface area contributed by atoms with Crippen molar-refractivity contribution in [3.05, 3.63) is 35.1 Å². The minimum absolute atomic E-state index is 0.00327. The maximum absolute atomic E-state index is 6.87. The van der Waals surface area contributed by atoms with E-state index in [0.29, 0.717) is 6.79 Å². The second-order valence-corrected chi connectivity index (χ2v) is 7.34. The summed E-state index contributed by atoms with van der Waals surface area (Å²) < 4.78 is 16.8. The Labute approximate surface area is 141 Å². The Morgan fingerprint density at radius 1 is 1.26 bits per heavy atom. The van der Waals surface area contributed by atoms with Crippen LogP contribution in [0.25, 0.3) is 0 Å². The van der Waals surface area contributed by atoms with E-state index in [2.05, 4.69) is 23.1 Å². The summed E-state index contributed by atoms with van der Waals surface area (Å²) in [5, 5.41) is -0.127. The molecular formula is C18H20ClNO3. The lowest BCUT2D eigenvalue weighted by Gasteiger charge is -2.38. The molecular weight excluding hydrogens is 314 g/mol. The van der Waals surface area contributed by atoms with Gasteiger partial charge in [0.1, 0.15) is 5.76 Å². The molecule has 0 saturated carbocycles. The molecule has 3 aliphatic heterocycles. The van der Waals surface area contributed by atoms with Gasteiger partial charge in [-0.25, -0.2) is 0 Å². The number of ether oxygens (including phenoxy) is 3. The SMILES string of the molecule is COC1=C[C@]23CCCN2CCc2cc4c(cc2[C@@H]3C1Cl)OCO4. The molecule has 1 saturated heterocycles. The van der Waals surface area contributed by atoms with E-state index >= 15 is 0 Å². The Bertz CT molecular complexity index is 704. The molecule has 0 N–H and O–H groups in total. The number of hydrogen-bond donors (Lipinski definition) is 0. The lowest BCUT2D eigenvalue weighted by Crippen LogP contribution is -2.46. The second-order valence-electron chi connectivity index (χ2n) is 6.87. The van der Waals surface area contributed by atoms with Gasteiger partial charge in [0.05, 0.1) is 18.0 Å². The van der Waals surface area contributed by atoms with Crippen LogP contribution in [0, 0.1) is 0 Å². The number of nitrogens with zero attached hydrogens (tertiary/aromatic N) is 1. The Balaban J connectivity index is 1.70. The number of allylic oxidation sites excluding steroid dienone is 1. The molecule has 4 aliphatic rings. The van der Waals surface area contributed by atoms with Gasteiger partial charge < -0.3 is 14.2 Å². The van der Waals surface area contributed by atoms with Crippen molar-refractivity contribution in [2.45, 2.75) is 36.1 Å². The fourth-order valence-electron chi connectivity index (χ4n) is 4.95. The molecule has 1 spiro atoms. The summed E-state index contributed by atoms with van der Waals surface area (Å²) in [5.41, 5.74) is 2.64. The largest absolute Gasteiger partial charge is 0.500 e. The van der Waals surface area contributed by atoms with Crippen LogP contribution in [0.4, 0.5) is 0 Å². The van der Waals surface area contributed by atoms with Crippen molar-refractivity contribution in [1.82, 2.24) is 4.90 Å². The predicted molar refractivity (Wildman–Crippen MR) is 87.3 cm³/mol. The van der Waals surface area contributed by atoms with Gasteiger partial charge in [-0.1, -0.05) is 0 Å². The van der Waals surface area contributed by atoms with Crippen LogP contribution in [0.1, 0.15) is 29.9 Å². The number of fused-ring (bicyclic) bond motifs is 3. The van der Waals surface area contributed by atoms with Crippen molar-refractivity contribution in [3.63, 3.8) is 0 Å². The molecule has 1 fully saturated rings. The smallest absolute Gasteiger partial charge is 0.231 e. The van der Waals surface area contributed by atoms with E-state index in [0.717, 1.165) is 43.2 Å². The third kappa shape index (κ3) is 1.76. The Hall–Kier alpha value is -1.39. The van der Waals surface area contributed by atoms with Crippen molar-refractivity contribution in [2.24, 2.45) is 0 Å². The fraction of sp³-hybridized carbons (Fsp3) is 0.556. The summed E-state index contributed by atoms with van der Waals surface area (Å²) in [7, 11) is 1.73. The van der Waals surface area contributed by atoms with E-state index < -0.39 is 0 Å². The molecule has 0 radical (unpaired) electrons. The van der Waals surface area contributed by atoms with Crippen molar-refractivity contribution < 1.29 is 14.2 Å². The summed E-state index contributed by atoms with van der Waals surface area (Å²) in [5.74, 6) is 2.84. The van der Waals surface area contributed by atoms with Crippen molar-refractivity contribution in [1.29, 1.82) is 0 Å². The molecule has 4 nitrogen and oxygen atoms in total. The zero-order valence-corrected chi connectivity index (χ0v) is 13.9. The summed E-state index contributed by atoms with van der Waals surface area (Å²) >= 11 is 6.87. The summed E-state index contributed by atoms with van der Waals surface area (Å²) in [4.78, 5) is 2.60. The van der Waals surface area contributed by atoms with E-state index in [1.165, 1.54) is 17.5 Å². The van der Waals surface area contributed by atoms with Crippen LogP contribution in [0.3, 0.4) is 0 Å². The van der Waals surface area contributed by atoms with Gasteiger partial charge >= 0.3 is 0 Å². The zero-order chi connectivity index (χ0) is 15.6. The number of alkyl halides is 1. The third-order valence-corrected chi connectivity index (χ3v) is 6.41. The van der Waals surface area contributed by atoms with Gasteiger partial charge in [0, 0.05) is 12.5 Å². The third-order valence-electron chi connectivity index (χ3n) is 5.95. The molecule has 0 bridgehead atoms. The highest BCUT2D eigenvalue weighted by Crippen LogP contribution is 2.56. The fourth-order valence-corrected chi connectivity index (χ4v) is 5.45. The zero-order valence-electron chi connectivity index (χ0n) is 13.2. The molecule has 23 heavy (non-hydrogen) atoms. The first kappa shape index (κ1) is 14.0. The van der Waals surface area contributed by atoms with Crippen molar-refractivity contribution in [3.8, 4) is 11.5 Å². The highest BCUT2D eigenvalue weighted by molar-refractivity contribution is 6.23. The topological polar surface area (TPSA) is 30.9 Å². The van der Waals surface area contributed by atoms with E-state index in [9.17, 15) is 0 Å². The summed E-state index contributed by atoms with van der Waals surface area (Å²) in [6.45, 7) is 2.50. The minimum Gasteiger partial charge on any atom is -0.500 e. The molecule has 0 amide bonds. The number of hydrogen-bond acceptors (Lipinski definition) is 4. The second kappa shape index (κ2) is 4.81. The number of rotatable bonds is 1. The average molecular weight is 334 g/mol. The van der Waals surface area contributed by atoms with Gasteiger partial charge in [0.25, 0.3) is 0 Å². The monoisotopic (exact) mass is 333 g/mol. The Morgan fingerprint density at radius 3 is 2.91 bits per heavy atom. The quantitative estimate of drug-likeness (QED) is 0.739. The Morgan fingerprint density at radius 2 is 2.09 bits per heavy atom. The van der Waals surface area contributed by atoms with Crippen LogP contribution in [0.15, 0.2) is 24.0 Å². The number of halogens is 1. The van der Waals surface area contributed by atoms with Crippen LogP contribution >= 0.6 is 11.6 Å². The van der Waals surface area contributed by atoms with Crippen molar-refractivity contribution in [2.75, 3.05) is 27.0 Å². The lowest BCUT2D eigenvalue weighted by molar-refractivity contribution is 0.170. The number of methoxy groups -OCH3 is 1. The van der Waals surface area contributed by atoms with Crippen LogP contribution < -0.4 is 9.47 Å². The molecule has 1 unspecified atom stereocenters. The number of benzene rings is 1. The van der Waals surface area contributed by atoms with Crippen LogP contribution in [0.2, 0.25) is 0 Å². The van der Waals surface area contributed by atoms with Gasteiger partial charge in [-0.15, -0.1) is 11.6 Å². The summed E-state index contributed by atoms with van der Waals surface area (Å²) in [6, 6.07) is 4.32. The molecule has 0 aromatic heterocycles. The van der Waals surface area contributed by atoms with Gasteiger partial charge in [-0.05, 0) is 55.1 Å². The molecule has 5 heteroatoms. The Kier molecular flexibility index (Phi) is 2.92. The van der Waals surface area contributed by atoms with Crippen LogP contribution in [-0.4, -0.2) is 42.8 Å². The standard InChI is InChI=1S/C18H20ClNO3/c1-21-15-9-18-4-2-5-20(18)6-3-11-7-13-14(23-10-22-13)8-12(11)16(18)17(15)19/h7-9,16-17H,2-6,10H2,1H3/t16-,17?,18+/m1/s1. The normalized spacial score (nSPS) is 34.4. The van der Waals surface area contributed by atoms with E-state index in [1.807, 2.05) is 0 Å². The van der Waals surface area contributed by atoms with Crippen molar-refractivity contribution >= 4 is 11.6 Å². The van der Waals surface area contributed by atoms with E-state index in [4.69, 9.17) is 25.8 Å². The predicted octanol–water partition coefficient (Wildman–Crippen LogP) is 3.04. The van der Waals surface area contributed by atoms with E-state index in [-0.39, 0.29) is 16.8 Å². The maximum atomic E-state index is 6.87. The highest BCUT2D eigenvalue weighted by Gasteiger charge is 2.56. The molecule has 1 aromatic carbocycles. The average Bonchev–Trinajstić information content (AvgIpc) is 3.21. The minimum atomic E-state index is -0.127. The van der Waals surface area contributed by atoms with Gasteiger partial charge in [0.15, 0.2) is 11.5 Å². The van der Waals surface area contributed by atoms with Gasteiger partial charge in [0.2, 0.25) is 6.79 Å². The molecule has 3 atom stereocenters. The molecule has 122 valence electrons. The first-order chi connectivity index (χ1) is 11.2.